The standard InChI is InChI=1S/C36H39BrFN3O6S/c1-5-25(2)39-36(43)32(21-26-10-7-6-8-11-26)40(23-27-12-9-13-28(37)20-27)35(42)24-41(30-16-14-29(38)15-17-30)48(44,45)31-18-19-33(46-3)34(22-31)47-4/h6-20,22,25,32H,5,21,23-24H2,1-4H3,(H,39,43)/t25-,32-/m1/s1. The van der Waals surface area contributed by atoms with Crippen molar-refractivity contribution in [1.29, 1.82) is 0 Å². The van der Waals surface area contributed by atoms with Crippen LogP contribution in [0.4, 0.5) is 10.1 Å². The second-order valence-corrected chi connectivity index (χ2v) is 14.0. The maximum absolute atomic E-state index is 14.6. The Hall–Kier alpha value is -4.42. The van der Waals surface area contributed by atoms with Gasteiger partial charge < -0.3 is 19.7 Å². The van der Waals surface area contributed by atoms with Crippen molar-refractivity contribution in [1.82, 2.24) is 10.2 Å². The van der Waals surface area contributed by atoms with Crippen LogP contribution in [0.15, 0.2) is 106 Å². The molecule has 0 heterocycles. The number of nitrogens with zero attached hydrogens (tertiary/aromatic N) is 2. The molecule has 254 valence electrons. The van der Waals surface area contributed by atoms with Crippen molar-refractivity contribution < 1.29 is 31.9 Å². The number of carbonyl (C=O) groups excluding carboxylic acids is 2. The third-order valence-electron chi connectivity index (χ3n) is 7.85. The van der Waals surface area contributed by atoms with Gasteiger partial charge >= 0.3 is 0 Å². The highest BCUT2D eigenvalue weighted by atomic mass is 79.9. The molecule has 0 aliphatic heterocycles. The third kappa shape index (κ3) is 9.13. The van der Waals surface area contributed by atoms with Crippen LogP contribution in [0.25, 0.3) is 0 Å². The number of amides is 2. The molecule has 0 spiro atoms. The van der Waals surface area contributed by atoms with Crippen LogP contribution in [0.1, 0.15) is 31.4 Å². The van der Waals surface area contributed by atoms with Crippen LogP contribution in [-0.4, -0.2) is 58.0 Å². The Balaban J connectivity index is 1.83. The van der Waals surface area contributed by atoms with E-state index >= 15 is 0 Å². The smallest absolute Gasteiger partial charge is 0.264 e. The summed E-state index contributed by atoms with van der Waals surface area (Å²) in [4.78, 5) is 29.8. The molecule has 1 N–H and O–H groups in total. The first-order chi connectivity index (χ1) is 23.0. The Morgan fingerprint density at radius 2 is 1.54 bits per heavy atom. The summed E-state index contributed by atoms with van der Waals surface area (Å²) in [6.45, 7) is 3.15. The van der Waals surface area contributed by atoms with Crippen molar-refractivity contribution in [3.63, 3.8) is 0 Å². The number of ether oxygens (including phenoxy) is 2. The Kier molecular flexibility index (Phi) is 12.6. The first-order valence-corrected chi connectivity index (χ1v) is 17.6. The number of anilines is 1. The molecule has 0 saturated heterocycles. The summed E-state index contributed by atoms with van der Waals surface area (Å²) >= 11 is 3.48. The van der Waals surface area contributed by atoms with Crippen LogP contribution in [0, 0.1) is 5.82 Å². The lowest BCUT2D eigenvalue weighted by Crippen LogP contribution is -2.54. The van der Waals surface area contributed by atoms with E-state index in [1.165, 1.54) is 49.5 Å². The molecule has 0 fully saturated rings. The fraction of sp³-hybridized carbons (Fsp3) is 0.278. The van der Waals surface area contributed by atoms with Gasteiger partial charge in [0.1, 0.15) is 18.4 Å². The molecular formula is C36H39BrFN3O6S. The lowest BCUT2D eigenvalue weighted by atomic mass is 10.0. The van der Waals surface area contributed by atoms with Gasteiger partial charge in [-0.1, -0.05) is 65.3 Å². The number of rotatable bonds is 15. The first-order valence-electron chi connectivity index (χ1n) is 15.3. The summed E-state index contributed by atoms with van der Waals surface area (Å²) in [6.07, 6.45) is 0.854. The molecular weight excluding hydrogens is 701 g/mol. The van der Waals surface area contributed by atoms with Gasteiger partial charge in [0.15, 0.2) is 11.5 Å². The van der Waals surface area contributed by atoms with Crippen LogP contribution in [0.5, 0.6) is 11.5 Å². The summed E-state index contributed by atoms with van der Waals surface area (Å²) < 4.78 is 55.0. The summed E-state index contributed by atoms with van der Waals surface area (Å²) in [5.41, 5.74) is 1.61. The molecule has 48 heavy (non-hydrogen) atoms. The molecule has 0 aliphatic rings. The van der Waals surface area contributed by atoms with E-state index in [0.29, 0.717) is 12.2 Å². The molecule has 4 aromatic carbocycles. The highest BCUT2D eigenvalue weighted by Gasteiger charge is 2.35. The fourth-order valence-corrected chi connectivity index (χ4v) is 6.94. The van der Waals surface area contributed by atoms with Gasteiger partial charge in [0.25, 0.3) is 10.0 Å². The first kappa shape index (κ1) is 36.4. The zero-order chi connectivity index (χ0) is 34.8. The average molecular weight is 741 g/mol. The molecule has 0 unspecified atom stereocenters. The third-order valence-corrected chi connectivity index (χ3v) is 10.1. The number of hydrogen-bond acceptors (Lipinski definition) is 6. The number of hydrogen-bond donors (Lipinski definition) is 1. The molecule has 0 bridgehead atoms. The summed E-state index contributed by atoms with van der Waals surface area (Å²) in [5.74, 6) is -1.09. The van der Waals surface area contributed by atoms with Gasteiger partial charge in [-0.2, -0.15) is 0 Å². The van der Waals surface area contributed by atoms with Crippen molar-refractivity contribution in [3.8, 4) is 11.5 Å². The second-order valence-electron chi connectivity index (χ2n) is 11.2. The van der Waals surface area contributed by atoms with Gasteiger partial charge in [0, 0.05) is 29.5 Å². The van der Waals surface area contributed by atoms with Gasteiger partial charge in [0.05, 0.1) is 24.8 Å². The van der Waals surface area contributed by atoms with Gasteiger partial charge in [-0.05, 0) is 73.0 Å². The molecule has 4 rings (SSSR count). The van der Waals surface area contributed by atoms with Crippen molar-refractivity contribution in [2.24, 2.45) is 0 Å². The van der Waals surface area contributed by atoms with Crippen LogP contribution in [0.2, 0.25) is 0 Å². The van der Waals surface area contributed by atoms with Gasteiger partial charge in [-0.3, -0.25) is 13.9 Å². The number of nitrogens with one attached hydrogen (secondary N) is 1. The van der Waals surface area contributed by atoms with Crippen LogP contribution in [-0.2, 0) is 32.6 Å². The highest BCUT2D eigenvalue weighted by Crippen LogP contribution is 2.32. The molecule has 12 heteroatoms. The monoisotopic (exact) mass is 739 g/mol. The topological polar surface area (TPSA) is 105 Å². The van der Waals surface area contributed by atoms with Crippen LogP contribution >= 0.6 is 15.9 Å². The fourth-order valence-electron chi connectivity index (χ4n) is 5.07. The van der Waals surface area contributed by atoms with Crippen LogP contribution < -0.4 is 19.1 Å². The minimum absolute atomic E-state index is 0.0113. The molecule has 0 radical (unpaired) electrons. The zero-order valence-corrected chi connectivity index (χ0v) is 29.6. The summed E-state index contributed by atoms with van der Waals surface area (Å²) in [7, 11) is -1.63. The Morgan fingerprint density at radius 1 is 0.875 bits per heavy atom. The minimum atomic E-state index is -4.44. The van der Waals surface area contributed by atoms with Crippen molar-refractivity contribution in [3.05, 3.63) is 118 Å². The largest absolute Gasteiger partial charge is 0.493 e. The highest BCUT2D eigenvalue weighted by molar-refractivity contribution is 9.10. The van der Waals surface area contributed by atoms with E-state index in [9.17, 15) is 22.4 Å². The van der Waals surface area contributed by atoms with Gasteiger partial charge in [0.2, 0.25) is 11.8 Å². The van der Waals surface area contributed by atoms with E-state index in [1.54, 1.807) is 0 Å². The summed E-state index contributed by atoms with van der Waals surface area (Å²) in [5, 5.41) is 3.01. The Bertz CT molecular complexity index is 1810. The maximum Gasteiger partial charge on any atom is 0.264 e. The SMILES string of the molecule is CC[C@@H](C)NC(=O)[C@@H](Cc1ccccc1)N(Cc1cccc(Br)c1)C(=O)CN(c1ccc(F)cc1)S(=O)(=O)c1ccc(OC)c(OC)c1. The number of sulfonamides is 1. The zero-order valence-electron chi connectivity index (χ0n) is 27.2. The van der Waals surface area contributed by atoms with Crippen molar-refractivity contribution >= 4 is 43.5 Å². The second kappa shape index (κ2) is 16.6. The number of benzene rings is 4. The van der Waals surface area contributed by atoms with E-state index in [0.717, 1.165) is 32.0 Å². The molecule has 9 nitrogen and oxygen atoms in total. The Labute approximate surface area is 289 Å². The van der Waals surface area contributed by atoms with Crippen molar-refractivity contribution in [2.45, 2.75) is 50.2 Å². The quantitative estimate of drug-likeness (QED) is 0.152. The Morgan fingerprint density at radius 3 is 2.17 bits per heavy atom. The minimum Gasteiger partial charge on any atom is -0.493 e. The molecule has 0 aliphatic carbocycles. The normalized spacial score (nSPS) is 12.5. The van der Waals surface area contributed by atoms with E-state index in [-0.39, 0.29) is 41.2 Å². The predicted octanol–water partition coefficient (Wildman–Crippen LogP) is 6.36. The number of methoxy groups -OCH3 is 2. The summed E-state index contributed by atoms with van der Waals surface area (Å²) in [6, 6.07) is 24.4. The molecule has 0 aromatic heterocycles. The maximum atomic E-state index is 14.6. The molecule has 4 aromatic rings. The number of halogens is 2. The van der Waals surface area contributed by atoms with E-state index in [4.69, 9.17) is 9.47 Å². The van der Waals surface area contributed by atoms with Crippen LogP contribution in [0.3, 0.4) is 0 Å². The van der Waals surface area contributed by atoms with Crippen molar-refractivity contribution in [2.75, 3.05) is 25.1 Å². The lowest BCUT2D eigenvalue weighted by molar-refractivity contribution is -0.140. The predicted molar refractivity (Wildman–Crippen MR) is 187 cm³/mol. The molecule has 2 amide bonds. The average Bonchev–Trinajstić information content (AvgIpc) is 3.09. The van der Waals surface area contributed by atoms with E-state index in [2.05, 4.69) is 21.2 Å². The molecule has 2 atom stereocenters. The molecule has 0 saturated carbocycles. The number of carbonyl (C=O) groups is 2. The van der Waals surface area contributed by atoms with Gasteiger partial charge in [-0.25, -0.2) is 12.8 Å². The lowest BCUT2D eigenvalue weighted by Gasteiger charge is -2.34. The van der Waals surface area contributed by atoms with Gasteiger partial charge in [-0.15, -0.1) is 0 Å². The van der Waals surface area contributed by atoms with E-state index < -0.39 is 34.3 Å². The van der Waals surface area contributed by atoms with E-state index in [1.807, 2.05) is 68.4 Å².